The lowest BCUT2D eigenvalue weighted by atomic mass is 10.0. The van der Waals surface area contributed by atoms with Gasteiger partial charge in [-0.15, -0.1) is 0 Å². The largest absolute Gasteiger partial charge is 0.496 e. The molecule has 1 N–H and O–H groups in total. The molecule has 2 rings (SSSR count). The summed E-state index contributed by atoms with van der Waals surface area (Å²) in [6.07, 6.45) is 2.09. The van der Waals surface area contributed by atoms with Crippen LogP contribution in [0.3, 0.4) is 0 Å². The van der Waals surface area contributed by atoms with Crippen LogP contribution in [0.25, 0.3) is 0 Å². The molecule has 1 heterocycles. The molecule has 5 heteroatoms. The Bertz CT molecular complexity index is 449. The molecule has 21 heavy (non-hydrogen) atoms. The molecule has 4 nitrogen and oxygen atoms in total. The van der Waals surface area contributed by atoms with Gasteiger partial charge in [0.25, 0.3) is 0 Å². The van der Waals surface area contributed by atoms with Crippen molar-refractivity contribution in [1.82, 2.24) is 4.90 Å². The van der Waals surface area contributed by atoms with E-state index in [1.165, 1.54) is 13.2 Å². The smallest absolute Gasteiger partial charge is 0.132 e. The maximum atomic E-state index is 13.9. The van der Waals surface area contributed by atoms with E-state index in [2.05, 4.69) is 4.90 Å². The fourth-order valence-electron chi connectivity index (χ4n) is 2.73. The number of ether oxygens (including phenoxy) is 2. The van der Waals surface area contributed by atoms with Crippen LogP contribution in [0.1, 0.15) is 30.9 Å². The van der Waals surface area contributed by atoms with E-state index in [-0.39, 0.29) is 11.7 Å². The monoisotopic (exact) mass is 297 g/mol. The second-order valence-corrected chi connectivity index (χ2v) is 5.56. The molecule has 0 bridgehead atoms. The van der Waals surface area contributed by atoms with Gasteiger partial charge in [0.2, 0.25) is 0 Å². The van der Waals surface area contributed by atoms with E-state index in [9.17, 15) is 9.50 Å². The van der Waals surface area contributed by atoms with Crippen molar-refractivity contribution in [2.45, 2.75) is 31.5 Å². The summed E-state index contributed by atoms with van der Waals surface area (Å²) in [7, 11) is 3.47. The zero-order valence-corrected chi connectivity index (χ0v) is 12.7. The van der Waals surface area contributed by atoms with Crippen molar-refractivity contribution >= 4 is 0 Å². The van der Waals surface area contributed by atoms with Gasteiger partial charge in [-0.25, -0.2) is 4.39 Å². The van der Waals surface area contributed by atoms with Crippen LogP contribution >= 0.6 is 0 Å². The second kappa shape index (κ2) is 7.73. The Kier molecular flexibility index (Phi) is 5.96. The zero-order chi connectivity index (χ0) is 15.2. The van der Waals surface area contributed by atoms with E-state index in [1.54, 1.807) is 12.1 Å². The number of nitrogens with zero attached hydrogens (tertiary/aromatic N) is 1. The average molecular weight is 297 g/mol. The van der Waals surface area contributed by atoms with Gasteiger partial charge in [-0.2, -0.15) is 0 Å². The molecule has 1 aromatic carbocycles. The van der Waals surface area contributed by atoms with Gasteiger partial charge in [0.1, 0.15) is 11.6 Å². The third-order valence-electron chi connectivity index (χ3n) is 3.89. The number of aliphatic hydroxyl groups is 1. The van der Waals surface area contributed by atoms with Crippen LogP contribution in [0.5, 0.6) is 5.75 Å². The fraction of sp³-hybridized carbons (Fsp3) is 0.625. The van der Waals surface area contributed by atoms with Crippen molar-refractivity contribution in [3.63, 3.8) is 0 Å². The van der Waals surface area contributed by atoms with Gasteiger partial charge >= 0.3 is 0 Å². The van der Waals surface area contributed by atoms with Crippen LogP contribution in [0.4, 0.5) is 4.39 Å². The first-order chi connectivity index (χ1) is 10.1. The summed E-state index contributed by atoms with van der Waals surface area (Å²) in [4.78, 5) is 2.12. The minimum absolute atomic E-state index is 0.241. The lowest BCUT2D eigenvalue weighted by molar-refractivity contribution is 0.0733. The molecule has 0 amide bonds. The third-order valence-corrected chi connectivity index (χ3v) is 3.89. The predicted octanol–water partition coefficient (Wildman–Crippen LogP) is 2.37. The topological polar surface area (TPSA) is 41.9 Å². The number of benzene rings is 1. The average Bonchev–Trinajstić information content (AvgIpc) is 2.97. The van der Waals surface area contributed by atoms with Crippen molar-refractivity contribution < 1.29 is 19.0 Å². The Morgan fingerprint density at radius 2 is 2.33 bits per heavy atom. The first-order valence-electron chi connectivity index (χ1n) is 7.42. The minimum atomic E-state index is -0.868. The molecule has 118 valence electrons. The van der Waals surface area contributed by atoms with E-state index >= 15 is 0 Å². The van der Waals surface area contributed by atoms with Gasteiger partial charge < -0.3 is 19.5 Å². The van der Waals surface area contributed by atoms with Crippen molar-refractivity contribution in [2.24, 2.45) is 0 Å². The molecule has 0 spiro atoms. The van der Waals surface area contributed by atoms with Gasteiger partial charge in [-0.05, 0) is 38.4 Å². The van der Waals surface area contributed by atoms with Crippen molar-refractivity contribution in [1.29, 1.82) is 0 Å². The molecular weight excluding hydrogens is 273 g/mol. The van der Waals surface area contributed by atoms with E-state index in [4.69, 9.17) is 9.47 Å². The molecule has 2 unspecified atom stereocenters. The standard InChI is InChI=1S/C16H24FNO3/c1-18(11-12-5-4-10-21-12)9-8-14(19)16-13(17)6-3-7-15(16)20-2/h3,6-7,12,14,19H,4-5,8-11H2,1-2H3. The molecule has 1 saturated heterocycles. The van der Waals surface area contributed by atoms with Crippen LogP contribution in [0, 0.1) is 5.82 Å². The maximum Gasteiger partial charge on any atom is 0.132 e. The molecule has 1 aromatic rings. The summed E-state index contributed by atoms with van der Waals surface area (Å²) in [5.41, 5.74) is 0.241. The summed E-state index contributed by atoms with van der Waals surface area (Å²) >= 11 is 0. The highest BCUT2D eigenvalue weighted by Crippen LogP contribution is 2.29. The van der Waals surface area contributed by atoms with E-state index < -0.39 is 11.9 Å². The van der Waals surface area contributed by atoms with Crippen LogP contribution < -0.4 is 4.74 Å². The molecule has 0 aliphatic carbocycles. The Morgan fingerprint density at radius 1 is 1.52 bits per heavy atom. The Morgan fingerprint density at radius 3 is 3.00 bits per heavy atom. The number of rotatable bonds is 7. The molecule has 2 atom stereocenters. The van der Waals surface area contributed by atoms with E-state index in [1.807, 2.05) is 7.05 Å². The number of halogens is 1. The summed E-state index contributed by atoms with van der Waals surface area (Å²) < 4.78 is 24.6. The van der Waals surface area contributed by atoms with Crippen molar-refractivity contribution in [3.05, 3.63) is 29.6 Å². The van der Waals surface area contributed by atoms with Crippen molar-refractivity contribution in [3.8, 4) is 5.75 Å². The summed E-state index contributed by atoms with van der Waals surface area (Å²) in [5.74, 6) is -0.0343. The van der Waals surface area contributed by atoms with Gasteiger partial charge in [-0.1, -0.05) is 6.07 Å². The van der Waals surface area contributed by atoms with Gasteiger partial charge in [0.05, 0.1) is 24.9 Å². The highest BCUT2D eigenvalue weighted by Gasteiger charge is 2.20. The Labute approximate surface area is 125 Å². The van der Waals surface area contributed by atoms with E-state index in [0.29, 0.717) is 18.7 Å². The zero-order valence-electron chi connectivity index (χ0n) is 12.7. The highest BCUT2D eigenvalue weighted by atomic mass is 19.1. The third kappa shape index (κ3) is 4.40. The molecule has 0 aromatic heterocycles. The Hall–Kier alpha value is -1.17. The molecular formula is C16H24FNO3. The normalized spacial score (nSPS) is 20.0. The number of methoxy groups -OCH3 is 1. The molecule has 0 radical (unpaired) electrons. The van der Waals surface area contributed by atoms with Crippen molar-refractivity contribution in [2.75, 3.05) is 33.9 Å². The molecule has 0 saturated carbocycles. The van der Waals surface area contributed by atoms with Crippen LogP contribution in [0.15, 0.2) is 18.2 Å². The first kappa shape index (κ1) is 16.2. The maximum absolute atomic E-state index is 13.9. The molecule has 1 aliphatic rings. The summed E-state index contributed by atoms with van der Waals surface area (Å²) in [5, 5.41) is 10.2. The van der Waals surface area contributed by atoms with E-state index in [0.717, 1.165) is 26.0 Å². The first-order valence-corrected chi connectivity index (χ1v) is 7.42. The second-order valence-electron chi connectivity index (χ2n) is 5.56. The lowest BCUT2D eigenvalue weighted by Gasteiger charge is -2.22. The molecule has 1 fully saturated rings. The Balaban J connectivity index is 1.87. The van der Waals surface area contributed by atoms with Gasteiger partial charge in [-0.3, -0.25) is 0 Å². The van der Waals surface area contributed by atoms with Gasteiger partial charge in [0.15, 0.2) is 0 Å². The van der Waals surface area contributed by atoms with Crippen LogP contribution in [-0.4, -0.2) is 50.0 Å². The SMILES string of the molecule is COc1cccc(F)c1C(O)CCN(C)CC1CCCO1. The fourth-order valence-corrected chi connectivity index (χ4v) is 2.73. The lowest BCUT2D eigenvalue weighted by Crippen LogP contribution is -2.30. The summed E-state index contributed by atoms with van der Waals surface area (Å²) in [6, 6.07) is 4.59. The van der Waals surface area contributed by atoms with Crippen LogP contribution in [-0.2, 0) is 4.74 Å². The molecule has 1 aliphatic heterocycles. The van der Waals surface area contributed by atoms with Gasteiger partial charge in [0, 0.05) is 19.7 Å². The number of hydrogen-bond donors (Lipinski definition) is 1. The van der Waals surface area contributed by atoms with Crippen LogP contribution in [0.2, 0.25) is 0 Å². The minimum Gasteiger partial charge on any atom is -0.496 e. The highest BCUT2D eigenvalue weighted by molar-refractivity contribution is 5.36. The number of hydrogen-bond acceptors (Lipinski definition) is 4. The summed E-state index contributed by atoms with van der Waals surface area (Å²) in [6.45, 7) is 2.37. The predicted molar refractivity (Wildman–Crippen MR) is 79.0 cm³/mol. The number of aliphatic hydroxyl groups excluding tert-OH is 1. The quantitative estimate of drug-likeness (QED) is 0.839. The number of likely N-dealkylation sites (N-methyl/N-ethyl adjacent to an activating group) is 1.